The Bertz CT molecular complexity index is 1350. The number of pyridine rings is 1. The van der Waals surface area contributed by atoms with E-state index in [1.807, 2.05) is 0 Å². The Morgan fingerprint density at radius 2 is 1.94 bits per heavy atom. The van der Waals surface area contributed by atoms with Crippen molar-refractivity contribution in [3.05, 3.63) is 41.7 Å². The van der Waals surface area contributed by atoms with Gasteiger partial charge in [-0.25, -0.2) is 28.5 Å². The lowest BCUT2D eigenvalue weighted by Crippen LogP contribution is -2.52. The fourth-order valence-corrected chi connectivity index (χ4v) is 4.85. The highest BCUT2D eigenvalue weighted by Gasteiger charge is 2.54. The Morgan fingerprint density at radius 1 is 1.25 bits per heavy atom. The average molecular weight is 520 g/mol. The molecule has 36 heavy (non-hydrogen) atoms. The molecule has 14 heteroatoms. The minimum atomic E-state index is -4.24. The van der Waals surface area contributed by atoms with Crippen LogP contribution in [0.2, 0.25) is 0 Å². The van der Waals surface area contributed by atoms with Gasteiger partial charge in [0.2, 0.25) is 21.5 Å². The summed E-state index contributed by atoms with van der Waals surface area (Å²) in [4.78, 5) is 13.3. The second kappa shape index (κ2) is 9.69. The van der Waals surface area contributed by atoms with E-state index in [2.05, 4.69) is 25.1 Å². The van der Waals surface area contributed by atoms with Gasteiger partial charge in [0.25, 0.3) is 0 Å². The van der Waals surface area contributed by atoms with Crippen molar-refractivity contribution >= 4 is 10.0 Å². The number of sulfonamides is 1. The maximum atomic E-state index is 12.8. The monoisotopic (exact) mass is 519 g/mol. The zero-order chi connectivity index (χ0) is 26.3. The van der Waals surface area contributed by atoms with Gasteiger partial charge in [-0.3, -0.25) is 4.57 Å². The van der Waals surface area contributed by atoms with Crippen LogP contribution in [0, 0.1) is 6.92 Å². The standard InChI is InChI=1S/C22H29N7O6S/c1-12(2)35-22(14(4)36(23,31)32,20-24-8-13(3)9-25-20)21-28-27-19-18-16(6-7-17(26-18)33-5)34-11-15(10-30)29(19)21/h6-9,12,14-15,30H,10-11H2,1-5H3,(H2,23,31,32)/t14?,15-,22?/m1/s1. The highest BCUT2D eigenvalue weighted by Crippen LogP contribution is 2.42. The molecule has 2 unspecified atom stereocenters. The number of primary sulfonamides is 1. The molecule has 1 aliphatic rings. The zero-order valence-electron chi connectivity index (χ0n) is 20.6. The van der Waals surface area contributed by atoms with Crippen molar-refractivity contribution in [2.75, 3.05) is 20.3 Å². The molecule has 0 aromatic carbocycles. The molecule has 0 bridgehead atoms. The first kappa shape index (κ1) is 25.9. The van der Waals surface area contributed by atoms with E-state index in [1.54, 1.807) is 49.9 Å². The van der Waals surface area contributed by atoms with Crippen molar-refractivity contribution in [3.63, 3.8) is 0 Å². The second-order valence-corrected chi connectivity index (χ2v) is 10.7. The maximum absolute atomic E-state index is 12.8. The molecule has 13 nitrogen and oxygen atoms in total. The van der Waals surface area contributed by atoms with E-state index in [-0.39, 0.29) is 30.7 Å². The number of aryl methyl sites for hydroxylation is 1. The van der Waals surface area contributed by atoms with Gasteiger partial charge in [0.1, 0.15) is 17.6 Å². The van der Waals surface area contributed by atoms with Crippen LogP contribution in [0.5, 0.6) is 11.6 Å². The van der Waals surface area contributed by atoms with Gasteiger partial charge >= 0.3 is 0 Å². The predicted molar refractivity (Wildman–Crippen MR) is 128 cm³/mol. The van der Waals surface area contributed by atoms with Crippen LogP contribution in [0.3, 0.4) is 0 Å². The summed E-state index contributed by atoms with van der Waals surface area (Å²) in [5.41, 5.74) is -0.833. The molecular formula is C22H29N7O6S. The Balaban J connectivity index is 2.10. The third-order valence-electron chi connectivity index (χ3n) is 5.89. The zero-order valence-corrected chi connectivity index (χ0v) is 21.4. The minimum Gasteiger partial charge on any atom is -0.489 e. The Kier molecular flexibility index (Phi) is 6.96. The van der Waals surface area contributed by atoms with Crippen molar-refractivity contribution in [1.82, 2.24) is 29.7 Å². The minimum absolute atomic E-state index is 0.0197. The molecule has 0 aliphatic carbocycles. The molecular weight excluding hydrogens is 490 g/mol. The summed E-state index contributed by atoms with van der Waals surface area (Å²) in [6, 6.07) is 2.58. The highest BCUT2D eigenvalue weighted by atomic mass is 32.2. The number of rotatable bonds is 8. The average Bonchev–Trinajstić information content (AvgIpc) is 3.21. The van der Waals surface area contributed by atoms with Crippen LogP contribution in [0.25, 0.3) is 11.5 Å². The number of hydrogen-bond acceptors (Lipinski definition) is 11. The number of hydrogen-bond donors (Lipinski definition) is 2. The lowest BCUT2D eigenvalue weighted by molar-refractivity contribution is -0.0714. The fraction of sp³-hybridized carbons (Fsp3) is 0.500. The van der Waals surface area contributed by atoms with Gasteiger partial charge in [-0.2, -0.15) is 0 Å². The van der Waals surface area contributed by atoms with Gasteiger partial charge in [0.15, 0.2) is 23.2 Å². The third kappa shape index (κ3) is 4.40. The molecule has 4 heterocycles. The molecule has 0 spiro atoms. The van der Waals surface area contributed by atoms with Crippen molar-refractivity contribution in [2.45, 2.75) is 50.7 Å². The molecule has 1 aliphatic heterocycles. The van der Waals surface area contributed by atoms with Gasteiger partial charge in [-0.1, -0.05) is 0 Å². The van der Waals surface area contributed by atoms with E-state index in [0.717, 1.165) is 5.56 Å². The summed E-state index contributed by atoms with van der Waals surface area (Å²) < 4.78 is 44.8. The summed E-state index contributed by atoms with van der Waals surface area (Å²) in [5, 5.41) is 23.3. The number of nitrogens with zero attached hydrogens (tertiary/aromatic N) is 6. The van der Waals surface area contributed by atoms with Crippen molar-refractivity contribution in [2.24, 2.45) is 5.14 Å². The molecule has 0 amide bonds. The van der Waals surface area contributed by atoms with E-state index in [0.29, 0.717) is 17.3 Å². The molecule has 3 aromatic heterocycles. The maximum Gasteiger partial charge on any atom is 0.215 e. The number of ether oxygens (including phenoxy) is 3. The molecule has 0 saturated carbocycles. The van der Waals surface area contributed by atoms with Gasteiger partial charge in [-0.15, -0.1) is 10.2 Å². The van der Waals surface area contributed by atoms with Gasteiger partial charge in [0, 0.05) is 18.5 Å². The summed E-state index contributed by atoms with van der Waals surface area (Å²) in [6.07, 6.45) is 2.59. The van der Waals surface area contributed by atoms with Crippen molar-refractivity contribution < 1.29 is 27.7 Å². The molecule has 194 valence electrons. The summed E-state index contributed by atoms with van der Waals surface area (Å²) in [5.74, 6) is 0.991. The van der Waals surface area contributed by atoms with Crippen LogP contribution in [0.15, 0.2) is 24.5 Å². The highest BCUT2D eigenvalue weighted by molar-refractivity contribution is 7.89. The van der Waals surface area contributed by atoms with E-state index >= 15 is 0 Å². The number of aromatic nitrogens is 6. The summed E-state index contributed by atoms with van der Waals surface area (Å²) in [6.45, 7) is 6.33. The summed E-state index contributed by atoms with van der Waals surface area (Å²) in [7, 11) is -2.76. The molecule has 0 saturated heterocycles. The number of methoxy groups -OCH3 is 1. The Hall–Kier alpha value is -3.20. The lowest BCUT2D eigenvalue weighted by atomic mass is 9.95. The molecule has 0 fully saturated rings. The van der Waals surface area contributed by atoms with Crippen LogP contribution >= 0.6 is 0 Å². The molecule has 4 rings (SSSR count). The first-order chi connectivity index (χ1) is 17.0. The first-order valence-electron chi connectivity index (χ1n) is 11.3. The Labute approximate surface area is 208 Å². The van der Waals surface area contributed by atoms with Crippen LogP contribution in [0.4, 0.5) is 0 Å². The smallest absolute Gasteiger partial charge is 0.215 e. The quantitative estimate of drug-likeness (QED) is 0.428. The topological polar surface area (TPSA) is 177 Å². The SMILES string of the molecule is COc1ccc2c(n1)-c1nnc(C(OC(C)C)(c3ncc(C)cn3)C(C)S(N)(=O)=O)n1[C@H](CO)CO2. The first-order valence-corrected chi connectivity index (χ1v) is 12.9. The van der Waals surface area contributed by atoms with Crippen LogP contribution in [-0.2, 0) is 20.4 Å². The normalized spacial score (nSPS) is 17.9. The molecule has 3 N–H and O–H groups in total. The second-order valence-electron chi connectivity index (χ2n) is 8.78. The number of aliphatic hydroxyl groups excluding tert-OH is 1. The van der Waals surface area contributed by atoms with E-state index in [4.69, 9.17) is 19.3 Å². The van der Waals surface area contributed by atoms with Crippen molar-refractivity contribution in [1.29, 1.82) is 0 Å². The predicted octanol–water partition coefficient (Wildman–Crippen LogP) is 0.719. The number of fused-ring (bicyclic) bond motifs is 3. The van der Waals surface area contributed by atoms with E-state index in [9.17, 15) is 13.5 Å². The molecule has 0 radical (unpaired) electrons. The summed E-state index contributed by atoms with van der Waals surface area (Å²) >= 11 is 0. The third-order valence-corrected chi connectivity index (χ3v) is 7.21. The number of nitrogens with two attached hydrogens (primary N) is 1. The van der Waals surface area contributed by atoms with E-state index < -0.39 is 33.0 Å². The molecule has 3 atom stereocenters. The number of aliphatic hydroxyl groups is 1. The Morgan fingerprint density at radius 3 is 2.53 bits per heavy atom. The van der Waals surface area contributed by atoms with Crippen LogP contribution in [0.1, 0.15) is 44.0 Å². The van der Waals surface area contributed by atoms with Gasteiger partial charge in [0.05, 0.1) is 25.9 Å². The molecule has 3 aromatic rings. The van der Waals surface area contributed by atoms with E-state index in [1.165, 1.54) is 14.0 Å². The van der Waals surface area contributed by atoms with Gasteiger partial charge < -0.3 is 19.3 Å². The lowest BCUT2D eigenvalue weighted by Gasteiger charge is -2.37. The van der Waals surface area contributed by atoms with Gasteiger partial charge in [-0.05, 0) is 39.3 Å². The largest absolute Gasteiger partial charge is 0.489 e. The van der Waals surface area contributed by atoms with Crippen molar-refractivity contribution in [3.8, 4) is 23.1 Å². The fourth-order valence-electron chi connectivity index (χ4n) is 4.12. The van der Waals surface area contributed by atoms with Crippen LogP contribution < -0.4 is 14.6 Å². The van der Waals surface area contributed by atoms with Crippen LogP contribution in [-0.4, -0.2) is 74.9 Å².